The summed E-state index contributed by atoms with van der Waals surface area (Å²) in [5, 5.41) is 20.2. The maximum absolute atomic E-state index is 12.9. The number of amides is 3. The second-order valence-electron chi connectivity index (χ2n) is 7.66. The van der Waals surface area contributed by atoms with Gasteiger partial charge < -0.3 is 15.3 Å². The lowest BCUT2D eigenvalue weighted by Gasteiger charge is -2.34. The summed E-state index contributed by atoms with van der Waals surface area (Å²) in [7, 11) is 2.65. The van der Waals surface area contributed by atoms with Crippen molar-refractivity contribution >= 4 is 17.7 Å². The third kappa shape index (κ3) is 6.19. The van der Waals surface area contributed by atoms with E-state index in [1.54, 1.807) is 24.3 Å². The number of nitrogens with zero attached hydrogens (tertiary/aromatic N) is 1. The van der Waals surface area contributed by atoms with Crippen molar-refractivity contribution in [2.24, 2.45) is 0 Å². The number of nitrogens with one attached hydrogen (secondary N) is 2. The standard InChI is InChI=1S/C25H29N3O5/c1-25(23(31)26-2,24(32)27-33)28(3)22(30)21-15-13-20(14-16-21)12-11-19-9-7-18(8-10-19)6-4-5-17-29/h7-10,13-16,29,33H,4-6,17H2,1-3H3,(H,26,31)(H,27,32). The molecule has 4 N–H and O–H groups in total. The minimum Gasteiger partial charge on any atom is -0.396 e. The molecule has 2 aromatic rings. The fraction of sp³-hybridized carbons (Fsp3) is 0.320. The molecule has 0 heterocycles. The first kappa shape index (κ1) is 25.6. The Bertz CT molecular complexity index is 1020. The SMILES string of the molecule is CNC(=O)C(C)(C(=O)NO)N(C)C(=O)c1ccc(C#Cc2ccc(CCCCO)cc2)cc1. The lowest BCUT2D eigenvalue weighted by atomic mass is 9.96. The summed E-state index contributed by atoms with van der Waals surface area (Å²) < 4.78 is 0. The number of hydroxylamine groups is 1. The summed E-state index contributed by atoms with van der Waals surface area (Å²) in [6, 6.07) is 14.4. The monoisotopic (exact) mass is 451 g/mol. The average Bonchev–Trinajstić information content (AvgIpc) is 2.86. The van der Waals surface area contributed by atoms with Gasteiger partial charge in [-0.2, -0.15) is 0 Å². The highest BCUT2D eigenvalue weighted by Gasteiger charge is 2.47. The molecule has 174 valence electrons. The van der Waals surface area contributed by atoms with Gasteiger partial charge in [0.25, 0.3) is 17.7 Å². The van der Waals surface area contributed by atoms with E-state index in [2.05, 4.69) is 17.2 Å². The lowest BCUT2D eigenvalue weighted by Crippen LogP contribution is -2.64. The molecule has 0 aromatic heterocycles. The van der Waals surface area contributed by atoms with E-state index in [0.717, 1.165) is 29.7 Å². The Hall–Kier alpha value is -3.67. The molecule has 0 fully saturated rings. The summed E-state index contributed by atoms with van der Waals surface area (Å²) in [6.45, 7) is 1.45. The fourth-order valence-corrected chi connectivity index (χ4v) is 3.19. The number of rotatable bonds is 8. The number of unbranched alkanes of at least 4 members (excludes halogenated alkanes) is 1. The molecule has 0 bridgehead atoms. The Morgan fingerprint density at radius 2 is 1.48 bits per heavy atom. The molecular formula is C25H29N3O5. The zero-order valence-electron chi connectivity index (χ0n) is 19.0. The maximum Gasteiger partial charge on any atom is 0.278 e. The van der Waals surface area contributed by atoms with Gasteiger partial charge in [-0.05, 0) is 68.1 Å². The first-order chi connectivity index (χ1) is 15.8. The second-order valence-corrected chi connectivity index (χ2v) is 7.66. The number of hydrogen-bond acceptors (Lipinski definition) is 5. The van der Waals surface area contributed by atoms with Gasteiger partial charge in [0.2, 0.25) is 0 Å². The van der Waals surface area contributed by atoms with Crippen molar-refractivity contribution < 1.29 is 24.7 Å². The molecule has 8 heteroatoms. The molecule has 1 atom stereocenters. The van der Waals surface area contributed by atoms with Crippen LogP contribution < -0.4 is 10.8 Å². The molecule has 0 aliphatic carbocycles. The van der Waals surface area contributed by atoms with Crippen molar-refractivity contribution in [2.45, 2.75) is 31.7 Å². The number of aryl methyl sites for hydroxylation is 1. The number of aliphatic hydroxyl groups is 1. The largest absolute Gasteiger partial charge is 0.396 e. The van der Waals surface area contributed by atoms with E-state index in [9.17, 15) is 14.4 Å². The van der Waals surface area contributed by atoms with Crippen LogP contribution in [0.3, 0.4) is 0 Å². The highest BCUT2D eigenvalue weighted by molar-refractivity contribution is 6.12. The number of aliphatic hydroxyl groups excluding tert-OH is 1. The van der Waals surface area contributed by atoms with Gasteiger partial charge in [0.15, 0.2) is 5.54 Å². The van der Waals surface area contributed by atoms with Gasteiger partial charge in [0.05, 0.1) is 0 Å². The minimum atomic E-state index is -1.94. The molecule has 2 aromatic carbocycles. The average molecular weight is 452 g/mol. The number of carbonyl (C=O) groups is 3. The predicted molar refractivity (Wildman–Crippen MR) is 123 cm³/mol. The summed E-state index contributed by atoms with van der Waals surface area (Å²) >= 11 is 0. The van der Waals surface area contributed by atoms with Crippen LogP contribution in [0.5, 0.6) is 0 Å². The molecule has 0 aliphatic heterocycles. The van der Waals surface area contributed by atoms with E-state index >= 15 is 0 Å². The molecule has 0 saturated carbocycles. The van der Waals surface area contributed by atoms with Crippen molar-refractivity contribution in [3.63, 3.8) is 0 Å². The molecular weight excluding hydrogens is 422 g/mol. The van der Waals surface area contributed by atoms with Crippen LogP contribution in [0.25, 0.3) is 0 Å². The zero-order chi connectivity index (χ0) is 24.4. The van der Waals surface area contributed by atoms with Crippen LogP contribution in [0.2, 0.25) is 0 Å². The van der Waals surface area contributed by atoms with E-state index in [1.807, 2.05) is 24.3 Å². The van der Waals surface area contributed by atoms with E-state index in [1.165, 1.54) is 32.1 Å². The zero-order valence-corrected chi connectivity index (χ0v) is 19.0. The highest BCUT2D eigenvalue weighted by atomic mass is 16.5. The minimum absolute atomic E-state index is 0.204. The Morgan fingerprint density at radius 3 is 1.97 bits per heavy atom. The Balaban J connectivity index is 2.13. The summed E-state index contributed by atoms with van der Waals surface area (Å²) in [5.41, 5.74) is 2.51. The number of hydrogen-bond donors (Lipinski definition) is 4. The van der Waals surface area contributed by atoms with Crippen molar-refractivity contribution in [1.82, 2.24) is 15.7 Å². The lowest BCUT2D eigenvalue weighted by molar-refractivity contribution is -0.148. The molecule has 1 unspecified atom stereocenters. The molecule has 0 aliphatic rings. The quantitative estimate of drug-likeness (QED) is 0.159. The highest BCUT2D eigenvalue weighted by Crippen LogP contribution is 2.18. The van der Waals surface area contributed by atoms with E-state index in [4.69, 9.17) is 10.3 Å². The van der Waals surface area contributed by atoms with Gasteiger partial charge >= 0.3 is 0 Å². The Kier molecular flexibility index (Phi) is 9.16. The Morgan fingerprint density at radius 1 is 0.939 bits per heavy atom. The van der Waals surface area contributed by atoms with Gasteiger partial charge in [-0.1, -0.05) is 24.0 Å². The van der Waals surface area contributed by atoms with Crippen molar-refractivity contribution in [1.29, 1.82) is 0 Å². The molecule has 0 radical (unpaired) electrons. The number of benzene rings is 2. The summed E-state index contributed by atoms with van der Waals surface area (Å²) in [5.74, 6) is 3.78. The first-order valence-electron chi connectivity index (χ1n) is 10.5. The molecule has 0 spiro atoms. The molecule has 0 saturated heterocycles. The Labute approximate surface area is 193 Å². The first-order valence-corrected chi connectivity index (χ1v) is 10.5. The van der Waals surface area contributed by atoms with Crippen LogP contribution in [0.4, 0.5) is 0 Å². The fourth-order valence-electron chi connectivity index (χ4n) is 3.19. The summed E-state index contributed by atoms with van der Waals surface area (Å²) in [4.78, 5) is 38.3. The normalized spacial score (nSPS) is 12.0. The van der Waals surface area contributed by atoms with Gasteiger partial charge in [-0.3, -0.25) is 19.6 Å². The van der Waals surface area contributed by atoms with Gasteiger partial charge in [0, 0.05) is 37.4 Å². The molecule has 3 amide bonds. The number of likely N-dealkylation sites (N-methyl/N-ethyl adjacent to an activating group) is 2. The second kappa shape index (κ2) is 11.8. The van der Waals surface area contributed by atoms with Crippen LogP contribution in [0, 0.1) is 11.8 Å². The van der Waals surface area contributed by atoms with Gasteiger partial charge in [0.1, 0.15) is 0 Å². The third-order valence-corrected chi connectivity index (χ3v) is 5.50. The molecule has 8 nitrogen and oxygen atoms in total. The van der Waals surface area contributed by atoms with E-state index in [0.29, 0.717) is 5.56 Å². The predicted octanol–water partition coefficient (Wildman–Crippen LogP) is 1.48. The van der Waals surface area contributed by atoms with Crippen LogP contribution >= 0.6 is 0 Å². The van der Waals surface area contributed by atoms with E-state index in [-0.39, 0.29) is 12.2 Å². The summed E-state index contributed by atoms with van der Waals surface area (Å²) in [6.07, 6.45) is 2.64. The van der Waals surface area contributed by atoms with Crippen molar-refractivity contribution in [3.8, 4) is 11.8 Å². The molecule has 33 heavy (non-hydrogen) atoms. The van der Waals surface area contributed by atoms with Crippen LogP contribution in [0.1, 0.15) is 46.8 Å². The van der Waals surface area contributed by atoms with Crippen molar-refractivity contribution in [3.05, 3.63) is 70.8 Å². The third-order valence-electron chi connectivity index (χ3n) is 5.50. The maximum atomic E-state index is 12.9. The van der Waals surface area contributed by atoms with Crippen LogP contribution in [0.15, 0.2) is 48.5 Å². The smallest absolute Gasteiger partial charge is 0.278 e. The van der Waals surface area contributed by atoms with Crippen LogP contribution in [-0.2, 0) is 16.0 Å². The van der Waals surface area contributed by atoms with Gasteiger partial charge in [-0.15, -0.1) is 0 Å². The number of carbonyl (C=O) groups excluding carboxylic acids is 3. The topological polar surface area (TPSA) is 119 Å². The van der Waals surface area contributed by atoms with Crippen molar-refractivity contribution in [2.75, 3.05) is 20.7 Å². The van der Waals surface area contributed by atoms with E-state index < -0.39 is 23.3 Å². The van der Waals surface area contributed by atoms with Gasteiger partial charge in [-0.25, -0.2) is 5.48 Å². The van der Waals surface area contributed by atoms with Crippen LogP contribution in [-0.4, -0.2) is 59.2 Å². The molecule has 2 rings (SSSR count).